The molecule has 0 unspecified atom stereocenters. The maximum Gasteiger partial charge on any atom is 0.243 e. The molecule has 1 fully saturated rings. The van der Waals surface area contributed by atoms with E-state index in [0.717, 1.165) is 5.56 Å². The number of para-hydroxylation sites is 2. The Hall–Kier alpha value is -2.93. The summed E-state index contributed by atoms with van der Waals surface area (Å²) in [4.78, 5) is 26.7. The highest BCUT2D eigenvalue weighted by atomic mass is 35.5. The molecule has 3 aromatic carbocycles. The maximum absolute atomic E-state index is 12.7. The van der Waals surface area contributed by atoms with E-state index in [1.54, 1.807) is 53.4 Å². The molecule has 1 aliphatic heterocycles. The maximum atomic E-state index is 12.7. The van der Waals surface area contributed by atoms with Gasteiger partial charge in [0.05, 0.1) is 21.7 Å². The van der Waals surface area contributed by atoms with Crippen molar-refractivity contribution in [3.63, 3.8) is 0 Å². The van der Waals surface area contributed by atoms with Crippen molar-refractivity contribution in [3.05, 3.63) is 87.4 Å². The van der Waals surface area contributed by atoms with Crippen LogP contribution in [-0.2, 0) is 16.2 Å². The van der Waals surface area contributed by atoms with Gasteiger partial charge < -0.3 is 9.64 Å². The second kappa shape index (κ2) is 10.3. The molecule has 2 N–H and O–H groups in total. The first-order valence-corrected chi connectivity index (χ1v) is 11.3. The number of nitrogens with one attached hydrogen (secondary N) is 2. The molecule has 0 bridgehead atoms. The molecule has 1 atom stereocenters. The van der Waals surface area contributed by atoms with Crippen molar-refractivity contribution in [1.29, 1.82) is 0 Å². The molecule has 1 heterocycles. The summed E-state index contributed by atoms with van der Waals surface area (Å²) < 4.78 is 5.89. The van der Waals surface area contributed by atoms with Crippen molar-refractivity contribution >= 4 is 58.0 Å². The van der Waals surface area contributed by atoms with Gasteiger partial charge in [0.1, 0.15) is 12.4 Å². The number of hydrogen-bond donors (Lipinski definition) is 2. The van der Waals surface area contributed by atoms with Gasteiger partial charge in [-0.15, -0.1) is 0 Å². The van der Waals surface area contributed by atoms with Crippen molar-refractivity contribution in [2.45, 2.75) is 13.0 Å². The molecule has 1 aliphatic rings. The summed E-state index contributed by atoms with van der Waals surface area (Å²) in [6.45, 7) is 0.570. The van der Waals surface area contributed by atoms with Crippen LogP contribution in [0.15, 0.2) is 66.7 Å². The van der Waals surface area contributed by atoms with Gasteiger partial charge in [0, 0.05) is 23.7 Å². The smallest absolute Gasteiger partial charge is 0.243 e. The summed E-state index contributed by atoms with van der Waals surface area (Å²) in [7, 11) is 0. The van der Waals surface area contributed by atoms with E-state index in [1.807, 2.05) is 18.2 Å². The molecule has 4 rings (SSSR count). The molecular formula is C24H20Cl3N3O3. The molecule has 0 radical (unpaired) electrons. The van der Waals surface area contributed by atoms with E-state index in [9.17, 15) is 9.59 Å². The zero-order valence-electron chi connectivity index (χ0n) is 17.4. The van der Waals surface area contributed by atoms with Gasteiger partial charge in [0.25, 0.3) is 0 Å². The Morgan fingerprint density at radius 3 is 2.52 bits per heavy atom. The zero-order chi connectivity index (χ0) is 23.4. The number of amides is 2. The van der Waals surface area contributed by atoms with Crippen molar-refractivity contribution in [3.8, 4) is 5.75 Å². The molecule has 9 heteroatoms. The number of halogens is 3. The lowest BCUT2D eigenvalue weighted by atomic mass is 10.1. The van der Waals surface area contributed by atoms with Crippen molar-refractivity contribution in [2.75, 3.05) is 16.9 Å². The van der Waals surface area contributed by atoms with Crippen LogP contribution >= 0.6 is 34.8 Å². The van der Waals surface area contributed by atoms with Crippen LogP contribution in [0, 0.1) is 5.92 Å². The summed E-state index contributed by atoms with van der Waals surface area (Å²) in [5, 5.41) is 1.52. The Morgan fingerprint density at radius 2 is 1.76 bits per heavy atom. The Kier molecular flexibility index (Phi) is 7.28. The van der Waals surface area contributed by atoms with Crippen molar-refractivity contribution in [2.24, 2.45) is 5.92 Å². The van der Waals surface area contributed by atoms with Gasteiger partial charge in [-0.25, -0.2) is 0 Å². The number of carbonyl (C=O) groups is 2. The molecule has 170 valence electrons. The third-order valence-electron chi connectivity index (χ3n) is 5.22. The van der Waals surface area contributed by atoms with Gasteiger partial charge in [-0.05, 0) is 54.1 Å². The van der Waals surface area contributed by atoms with Crippen molar-refractivity contribution < 1.29 is 14.3 Å². The number of anilines is 2. The predicted molar refractivity (Wildman–Crippen MR) is 131 cm³/mol. The lowest BCUT2D eigenvalue weighted by Crippen LogP contribution is -2.36. The molecule has 1 saturated heterocycles. The number of rotatable bonds is 7. The monoisotopic (exact) mass is 503 g/mol. The fraction of sp³-hybridized carbons (Fsp3) is 0.167. The SMILES string of the molecule is O=C(NNc1ccccc1OCc1ccc(Cl)c(Cl)c1)[C@H]1CC(=O)N(c2ccc(Cl)cc2)C1. The average molecular weight is 505 g/mol. The van der Waals surface area contributed by atoms with Gasteiger partial charge in [0.15, 0.2) is 0 Å². The highest BCUT2D eigenvalue weighted by molar-refractivity contribution is 6.42. The average Bonchev–Trinajstić information content (AvgIpc) is 3.21. The second-order valence-electron chi connectivity index (χ2n) is 7.53. The Bertz CT molecular complexity index is 1170. The molecular weight excluding hydrogens is 485 g/mol. The van der Waals surface area contributed by atoms with Gasteiger partial charge >= 0.3 is 0 Å². The minimum absolute atomic E-state index is 0.108. The fourth-order valence-electron chi connectivity index (χ4n) is 3.47. The van der Waals surface area contributed by atoms with E-state index in [-0.39, 0.29) is 24.8 Å². The standard InChI is InChI=1S/C24H20Cl3N3O3/c25-17-6-8-18(9-7-17)30-13-16(12-23(30)31)24(32)29-28-21-3-1-2-4-22(21)33-14-15-5-10-19(26)20(27)11-15/h1-11,16,28H,12-14H2,(H,29,32)/t16-/m0/s1. The lowest BCUT2D eigenvalue weighted by molar-refractivity contribution is -0.125. The van der Waals surface area contributed by atoms with Gasteiger partial charge in [0.2, 0.25) is 11.8 Å². The Balaban J connectivity index is 1.35. The normalized spacial score (nSPS) is 15.4. The molecule has 6 nitrogen and oxygen atoms in total. The first-order chi connectivity index (χ1) is 15.9. The molecule has 0 aliphatic carbocycles. The van der Waals surface area contributed by atoms with E-state index in [2.05, 4.69) is 10.9 Å². The first-order valence-electron chi connectivity index (χ1n) is 10.2. The van der Waals surface area contributed by atoms with E-state index in [1.165, 1.54) is 0 Å². The van der Waals surface area contributed by atoms with E-state index in [4.69, 9.17) is 39.5 Å². The van der Waals surface area contributed by atoms with Crippen LogP contribution in [0.25, 0.3) is 0 Å². The van der Waals surface area contributed by atoms with Crippen LogP contribution in [0.5, 0.6) is 5.75 Å². The Morgan fingerprint density at radius 1 is 1.00 bits per heavy atom. The number of hydrogen-bond acceptors (Lipinski definition) is 4. The first kappa shape index (κ1) is 23.2. The minimum atomic E-state index is -0.482. The van der Waals surface area contributed by atoms with Crippen LogP contribution in [-0.4, -0.2) is 18.4 Å². The summed E-state index contributed by atoms with van der Waals surface area (Å²) in [6, 6.07) is 19.5. The molecule has 3 aromatic rings. The second-order valence-corrected chi connectivity index (χ2v) is 8.78. The highest BCUT2D eigenvalue weighted by Crippen LogP contribution is 2.28. The van der Waals surface area contributed by atoms with E-state index >= 15 is 0 Å². The summed E-state index contributed by atoms with van der Waals surface area (Å²) >= 11 is 17.9. The number of nitrogens with zero attached hydrogens (tertiary/aromatic N) is 1. The summed E-state index contributed by atoms with van der Waals surface area (Å²) in [6.07, 6.45) is 0.131. The Labute approximate surface area is 206 Å². The van der Waals surface area contributed by atoms with E-state index in [0.29, 0.717) is 38.7 Å². The van der Waals surface area contributed by atoms with Gasteiger partial charge in [-0.3, -0.25) is 20.4 Å². The minimum Gasteiger partial charge on any atom is -0.487 e. The molecule has 2 amide bonds. The van der Waals surface area contributed by atoms with Crippen LogP contribution < -0.4 is 20.5 Å². The molecule has 0 spiro atoms. The van der Waals surface area contributed by atoms with Crippen molar-refractivity contribution in [1.82, 2.24) is 5.43 Å². The number of hydrazine groups is 1. The van der Waals surface area contributed by atoms with Crippen LogP contribution in [0.2, 0.25) is 15.1 Å². The quantitative estimate of drug-likeness (QED) is 0.404. The zero-order valence-corrected chi connectivity index (χ0v) is 19.6. The topological polar surface area (TPSA) is 70.7 Å². The molecule has 0 saturated carbocycles. The highest BCUT2D eigenvalue weighted by Gasteiger charge is 2.35. The molecule has 33 heavy (non-hydrogen) atoms. The van der Waals surface area contributed by atoms with Gasteiger partial charge in [-0.2, -0.15) is 0 Å². The lowest BCUT2D eigenvalue weighted by Gasteiger charge is -2.18. The molecule has 0 aromatic heterocycles. The summed E-state index contributed by atoms with van der Waals surface area (Å²) in [5.74, 6) is -0.318. The van der Waals surface area contributed by atoms with Crippen LogP contribution in [0.1, 0.15) is 12.0 Å². The predicted octanol–water partition coefficient (Wildman–Crippen LogP) is 5.72. The fourth-order valence-corrected chi connectivity index (χ4v) is 3.92. The third kappa shape index (κ3) is 5.71. The van der Waals surface area contributed by atoms with Crippen LogP contribution in [0.3, 0.4) is 0 Å². The summed E-state index contributed by atoms with van der Waals surface area (Å²) in [5.41, 5.74) is 7.76. The van der Waals surface area contributed by atoms with E-state index < -0.39 is 5.92 Å². The van der Waals surface area contributed by atoms with Crippen LogP contribution in [0.4, 0.5) is 11.4 Å². The van der Waals surface area contributed by atoms with Gasteiger partial charge in [-0.1, -0.05) is 53.0 Å². The number of ether oxygens (including phenoxy) is 1. The third-order valence-corrected chi connectivity index (χ3v) is 6.21. The number of carbonyl (C=O) groups excluding carboxylic acids is 2. The number of benzene rings is 3. The largest absolute Gasteiger partial charge is 0.487 e.